The Kier molecular flexibility index (Phi) is 4.86. The maximum Gasteiger partial charge on any atom is 0.308 e. The molecular formula is C22H23N3O3. The maximum atomic E-state index is 12.7. The van der Waals surface area contributed by atoms with Crippen LogP contribution in [-0.2, 0) is 16.0 Å². The first-order valence-corrected chi connectivity index (χ1v) is 9.57. The molecule has 2 heterocycles. The van der Waals surface area contributed by atoms with Crippen LogP contribution in [0.3, 0.4) is 0 Å². The van der Waals surface area contributed by atoms with Crippen LogP contribution in [0.15, 0.2) is 54.6 Å². The molecule has 0 spiro atoms. The molecule has 6 nitrogen and oxygen atoms in total. The summed E-state index contributed by atoms with van der Waals surface area (Å²) in [7, 11) is 0. The highest BCUT2D eigenvalue weighted by Gasteiger charge is 2.36. The topological polar surface area (TPSA) is 75.4 Å². The third-order valence-electron chi connectivity index (χ3n) is 5.49. The Morgan fingerprint density at radius 3 is 2.50 bits per heavy atom. The highest BCUT2D eigenvalue weighted by atomic mass is 16.4. The fourth-order valence-electron chi connectivity index (χ4n) is 3.98. The number of carbonyl (C=O) groups is 2. The number of aromatic nitrogens is 2. The largest absolute Gasteiger partial charge is 0.481 e. The SMILES string of the molecule is C[C@@H]1CN(C(=O)CCc2nc3ccccc3n2-c2ccccc2)C[C@H]1C(=O)O. The van der Waals surface area contributed by atoms with Crippen LogP contribution in [0.25, 0.3) is 16.7 Å². The van der Waals surface area contributed by atoms with Gasteiger partial charge in [0, 0.05) is 31.6 Å². The minimum absolute atomic E-state index is 0.0118. The average Bonchev–Trinajstić information content (AvgIpc) is 3.27. The molecule has 1 aromatic heterocycles. The lowest BCUT2D eigenvalue weighted by atomic mass is 9.99. The standard InChI is InChI=1S/C22H23N3O3/c1-15-13-24(14-17(15)22(27)28)21(26)12-11-20-23-18-9-5-6-10-19(18)25(20)16-7-3-2-4-8-16/h2-10,15,17H,11-14H2,1H3,(H,27,28)/t15-,17-/m1/s1. The van der Waals surface area contributed by atoms with Gasteiger partial charge in [0.05, 0.1) is 17.0 Å². The Morgan fingerprint density at radius 2 is 1.79 bits per heavy atom. The van der Waals surface area contributed by atoms with Gasteiger partial charge in [-0.15, -0.1) is 0 Å². The monoisotopic (exact) mass is 377 g/mol. The third kappa shape index (κ3) is 3.38. The number of amides is 1. The van der Waals surface area contributed by atoms with E-state index >= 15 is 0 Å². The zero-order valence-corrected chi connectivity index (χ0v) is 15.8. The number of carbonyl (C=O) groups excluding carboxylic acids is 1. The van der Waals surface area contributed by atoms with Crippen LogP contribution in [0, 0.1) is 11.8 Å². The van der Waals surface area contributed by atoms with Gasteiger partial charge in [0.1, 0.15) is 5.82 Å². The number of aryl methyl sites for hydroxylation is 1. The molecule has 1 fully saturated rings. The van der Waals surface area contributed by atoms with Crippen LogP contribution in [0.2, 0.25) is 0 Å². The van der Waals surface area contributed by atoms with Gasteiger partial charge in [0.2, 0.25) is 5.91 Å². The molecule has 1 amide bonds. The van der Waals surface area contributed by atoms with Crippen molar-refractivity contribution in [3.8, 4) is 5.69 Å². The number of imidazole rings is 1. The second-order valence-corrected chi connectivity index (χ2v) is 7.41. The number of rotatable bonds is 5. The van der Waals surface area contributed by atoms with Crippen LogP contribution < -0.4 is 0 Å². The Morgan fingerprint density at radius 1 is 1.07 bits per heavy atom. The molecule has 6 heteroatoms. The van der Waals surface area contributed by atoms with Gasteiger partial charge in [-0.1, -0.05) is 37.3 Å². The second-order valence-electron chi connectivity index (χ2n) is 7.41. The number of carboxylic acid groups (broad SMARTS) is 1. The molecule has 2 aromatic carbocycles. The minimum atomic E-state index is -0.825. The van der Waals surface area contributed by atoms with Crippen LogP contribution >= 0.6 is 0 Å². The summed E-state index contributed by atoms with van der Waals surface area (Å²) in [5.41, 5.74) is 2.92. The number of para-hydroxylation sites is 3. The van der Waals surface area contributed by atoms with E-state index in [-0.39, 0.29) is 11.8 Å². The summed E-state index contributed by atoms with van der Waals surface area (Å²) >= 11 is 0. The Hall–Kier alpha value is -3.15. The normalized spacial score (nSPS) is 19.2. The molecule has 1 aliphatic heterocycles. The van der Waals surface area contributed by atoms with Gasteiger partial charge in [-0.05, 0) is 30.2 Å². The zero-order valence-electron chi connectivity index (χ0n) is 15.8. The molecule has 0 radical (unpaired) electrons. The minimum Gasteiger partial charge on any atom is -0.481 e. The van der Waals surface area contributed by atoms with E-state index in [1.807, 2.05) is 61.5 Å². The molecular weight excluding hydrogens is 354 g/mol. The number of hydrogen-bond acceptors (Lipinski definition) is 3. The second kappa shape index (κ2) is 7.46. The van der Waals surface area contributed by atoms with Gasteiger partial charge in [0.25, 0.3) is 0 Å². The van der Waals surface area contributed by atoms with E-state index in [9.17, 15) is 14.7 Å². The van der Waals surface area contributed by atoms with Crippen molar-refractivity contribution in [3.63, 3.8) is 0 Å². The van der Waals surface area contributed by atoms with E-state index in [1.54, 1.807) is 4.90 Å². The molecule has 144 valence electrons. The van der Waals surface area contributed by atoms with E-state index < -0.39 is 11.9 Å². The molecule has 3 aromatic rings. The Balaban J connectivity index is 1.56. The van der Waals surface area contributed by atoms with Crippen molar-refractivity contribution in [2.75, 3.05) is 13.1 Å². The van der Waals surface area contributed by atoms with E-state index in [2.05, 4.69) is 4.57 Å². The number of fused-ring (bicyclic) bond motifs is 1. The summed E-state index contributed by atoms with van der Waals surface area (Å²) in [4.78, 5) is 30.4. The summed E-state index contributed by atoms with van der Waals surface area (Å²) < 4.78 is 2.09. The van der Waals surface area contributed by atoms with Crippen molar-refractivity contribution in [2.45, 2.75) is 19.8 Å². The number of benzene rings is 2. The molecule has 1 aliphatic rings. The molecule has 0 aliphatic carbocycles. The molecule has 1 N–H and O–H groups in total. The smallest absolute Gasteiger partial charge is 0.308 e. The zero-order chi connectivity index (χ0) is 19.7. The van der Waals surface area contributed by atoms with Gasteiger partial charge in [-0.3, -0.25) is 14.2 Å². The lowest BCUT2D eigenvalue weighted by Crippen LogP contribution is -2.30. The predicted molar refractivity (Wildman–Crippen MR) is 106 cm³/mol. The van der Waals surface area contributed by atoms with E-state index in [0.717, 1.165) is 22.5 Å². The number of hydrogen-bond donors (Lipinski definition) is 1. The predicted octanol–water partition coefficient (Wildman–Crippen LogP) is 3.14. The summed E-state index contributed by atoms with van der Waals surface area (Å²) in [6.45, 7) is 2.69. The fourth-order valence-corrected chi connectivity index (χ4v) is 3.98. The third-order valence-corrected chi connectivity index (χ3v) is 5.49. The van der Waals surface area contributed by atoms with Gasteiger partial charge >= 0.3 is 5.97 Å². The number of nitrogens with zero attached hydrogens (tertiary/aromatic N) is 3. The van der Waals surface area contributed by atoms with Crippen molar-refractivity contribution in [1.82, 2.24) is 14.5 Å². The van der Waals surface area contributed by atoms with E-state index in [0.29, 0.717) is 25.9 Å². The number of aliphatic carboxylic acids is 1. The van der Waals surface area contributed by atoms with Crippen molar-refractivity contribution >= 4 is 22.9 Å². The quantitative estimate of drug-likeness (QED) is 0.741. The first-order valence-electron chi connectivity index (χ1n) is 9.57. The van der Waals surface area contributed by atoms with Crippen molar-refractivity contribution < 1.29 is 14.7 Å². The molecule has 0 bridgehead atoms. The average molecular weight is 377 g/mol. The van der Waals surface area contributed by atoms with Crippen LogP contribution in [0.4, 0.5) is 0 Å². The molecule has 4 rings (SSSR count). The first-order chi connectivity index (χ1) is 13.5. The molecule has 2 atom stereocenters. The van der Waals surface area contributed by atoms with Gasteiger partial charge in [-0.25, -0.2) is 4.98 Å². The molecule has 0 saturated carbocycles. The van der Waals surface area contributed by atoms with Crippen LogP contribution in [0.5, 0.6) is 0 Å². The highest BCUT2D eigenvalue weighted by molar-refractivity contribution is 5.80. The fraction of sp³-hybridized carbons (Fsp3) is 0.318. The lowest BCUT2D eigenvalue weighted by Gasteiger charge is -2.16. The molecule has 0 unspecified atom stereocenters. The maximum absolute atomic E-state index is 12.7. The van der Waals surface area contributed by atoms with Crippen molar-refractivity contribution in [1.29, 1.82) is 0 Å². The number of likely N-dealkylation sites (tertiary alicyclic amines) is 1. The summed E-state index contributed by atoms with van der Waals surface area (Å²) in [6, 6.07) is 17.9. The van der Waals surface area contributed by atoms with Crippen LogP contribution in [0.1, 0.15) is 19.2 Å². The van der Waals surface area contributed by atoms with E-state index in [4.69, 9.17) is 4.98 Å². The van der Waals surface area contributed by atoms with Crippen molar-refractivity contribution in [2.24, 2.45) is 11.8 Å². The first kappa shape index (κ1) is 18.2. The van der Waals surface area contributed by atoms with Crippen molar-refractivity contribution in [3.05, 3.63) is 60.4 Å². The van der Waals surface area contributed by atoms with Gasteiger partial charge in [0.15, 0.2) is 0 Å². The highest BCUT2D eigenvalue weighted by Crippen LogP contribution is 2.25. The summed E-state index contributed by atoms with van der Waals surface area (Å²) in [5, 5.41) is 9.28. The Bertz CT molecular complexity index is 1010. The summed E-state index contributed by atoms with van der Waals surface area (Å²) in [6.07, 6.45) is 0.820. The van der Waals surface area contributed by atoms with Crippen LogP contribution in [-0.4, -0.2) is 44.5 Å². The summed E-state index contributed by atoms with van der Waals surface area (Å²) in [5.74, 6) is -0.494. The number of carboxylic acids is 1. The van der Waals surface area contributed by atoms with Gasteiger partial charge in [-0.2, -0.15) is 0 Å². The Labute approximate surface area is 163 Å². The van der Waals surface area contributed by atoms with Gasteiger partial charge < -0.3 is 10.0 Å². The lowest BCUT2D eigenvalue weighted by molar-refractivity contribution is -0.142. The molecule has 28 heavy (non-hydrogen) atoms. The molecule has 1 saturated heterocycles. The van der Waals surface area contributed by atoms with E-state index in [1.165, 1.54) is 0 Å².